The molecular formula is C9H13N3O2S. The molecule has 6 heteroatoms. The number of aromatic nitrogens is 1. The molecule has 1 unspecified atom stereocenters. The predicted octanol–water partition coefficient (Wildman–Crippen LogP) is 1.24. The van der Waals surface area contributed by atoms with Gasteiger partial charge in [-0.2, -0.15) is 0 Å². The van der Waals surface area contributed by atoms with Gasteiger partial charge in [-0.3, -0.25) is 0 Å². The number of anilines is 1. The Balaban J connectivity index is 2.45. The Morgan fingerprint density at radius 2 is 2.33 bits per heavy atom. The van der Waals surface area contributed by atoms with Crippen LogP contribution >= 0.6 is 0 Å². The van der Waals surface area contributed by atoms with E-state index in [0.29, 0.717) is 10.6 Å². The summed E-state index contributed by atoms with van der Waals surface area (Å²) in [6.07, 6.45) is 3.12. The summed E-state index contributed by atoms with van der Waals surface area (Å²) in [5, 5.41) is -0.0207. The lowest BCUT2D eigenvalue weighted by Crippen LogP contribution is -2.07. The molecule has 82 valence electrons. The molecule has 0 spiro atoms. The van der Waals surface area contributed by atoms with E-state index >= 15 is 0 Å². The van der Waals surface area contributed by atoms with Gasteiger partial charge < -0.3 is 10.5 Å². The standard InChI is InChI=1S/C9H13N3O2S/c1-14-8-4-7(5-12-9(8)10)15(11,13)6-2-3-6/h4-6,11H,2-3H2,1H3,(H2,10,12). The molecule has 0 radical (unpaired) electrons. The first kappa shape index (κ1) is 10.2. The summed E-state index contributed by atoms with van der Waals surface area (Å²) >= 11 is 0. The summed E-state index contributed by atoms with van der Waals surface area (Å²) in [6.45, 7) is 0. The third kappa shape index (κ3) is 1.77. The average Bonchev–Trinajstić information content (AvgIpc) is 3.01. The number of ether oxygens (including phenoxy) is 1. The number of hydrogen-bond donors (Lipinski definition) is 2. The summed E-state index contributed by atoms with van der Waals surface area (Å²) in [6, 6.07) is 1.55. The summed E-state index contributed by atoms with van der Waals surface area (Å²) < 4.78 is 24.9. The lowest BCUT2D eigenvalue weighted by atomic mass is 10.4. The molecule has 1 aliphatic rings. The Morgan fingerprint density at radius 3 is 2.87 bits per heavy atom. The Labute approximate surface area is 88.6 Å². The molecule has 15 heavy (non-hydrogen) atoms. The molecule has 2 rings (SSSR count). The molecule has 1 aromatic heterocycles. The lowest BCUT2D eigenvalue weighted by molar-refractivity contribution is 0.414. The van der Waals surface area contributed by atoms with Gasteiger partial charge in [0.15, 0.2) is 11.6 Å². The number of nitrogens with one attached hydrogen (secondary N) is 1. The van der Waals surface area contributed by atoms with Crippen molar-refractivity contribution in [2.45, 2.75) is 23.0 Å². The fourth-order valence-electron chi connectivity index (χ4n) is 1.36. The largest absolute Gasteiger partial charge is 0.493 e. The minimum Gasteiger partial charge on any atom is -0.493 e. The van der Waals surface area contributed by atoms with E-state index in [9.17, 15) is 4.21 Å². The number of nitrogen functional groups attached to an aromatic ring is 1. The third-order valence-electron chi connectivity index (χ3n) is 2.42. The third-order valence-corrected chi connectivity index (χ3v) is 4.75. The zero-order valence-corrected chi connectivity index (χ0v) is 9.21. The van der Waals surface area contributed by atoms with Crippen LogP contribution in [0.1, 0.15) is 12.8 Å². The minimum absolute atomic E-state index is 0.0207. The quantitative estimate of drug-likeness (QED) is 0.813. The molecule has 3 N–H and O–H groups in total. The number of methoxy groups -OCH3 is 1. The summed E-state index contributed by atoms with van der Waals surface area (Å²) in [4.78, 5) is 4.29. The maximum Gasteiger partial charge on any atom is 0.166 e. The molecule has 0 amide bonds. The highest BCUT2D eigenvalue weighted by molar-refractivity contribution is 7.93. The van der Waals surface area contributed by atoms with Crippen LogP contribution in [0.4, 0.5) is 5.82 Å². The van der Waals surface area contributed by atoms with E-state index in [0.717, 1.165) is 12.8 Å². The number of pyridine rings is 1. The monoisotopic (exact) mass is 227 g/mol. The molecule has 1 fully saturated rings. The number of rotatable bonds is 3. The van der Waals surface area contributed by atoms with E-state index < -0.39 is 9.73 Å². The lowest BCUT2D eigenvalue weighted by Gasteiger charge is -2.08. The molecular weight excluding hydrogens is 214 g/mol. The molecule has 1 heterocycles. The number of nitrogens with zero attached hydrogens (tertiary/aromatic N) is 1. The summed E-state index contributed by atoms with van der Waals surface area (Å²) in [5.41, 5.74) is 5.54. The molecule has 0 aromatic carbocycles. The second kappa shape index (κ2) is 3.37. The van der Waals surface area contributed by atoms with Crippen molar-refractivity contribution in [2.24, 2.45) is 0 Å². The van der Waals surface area contributed by atoms with Crippen molar-refractivity contribution in [3.05, 3.63) is 12.3 Å². The minimum atomic E-state index is -2.71. The first-order valence-electron chi connectivity index (χ1n) is 4.63. The van der Waals surface area contributed by atoms with Gasteiger partial charge in [-0.15, -0.1) is 0 Å². The molecule has 0 aliphatic heterocycles. The van der Waals surface area contributed by atoms with E-state index in [4.69, 9.17) is 15.3 Å². The highest BCUT2D eigenvalue weighted by atomic mass is 32.2. The predicted molar refractivity (Wildman–Crippen MR) is 57.4 cm³/mol. The Bertz CT molecular complexity index is 480. The van der Waals surface area contributed by atoms with Gasteiger partial charge in [-0.25, -0.2) is 14.0 Å². The van der Waals surface area contributed by atoms with Crippen LogP contribution in [0.25, 0.3) is 0 Å². The second-order valence-corrected chi connectivity index (χ2v) is 5.90. The number of hydrogen-bond acceptors (Lipinski definition) is 5. The molecule has 1 saturated carbocycles. The SMILES string of the molecule is COc1cc(S(=N)(=O)C2CC2)cnc1N. The van der Waals surface area contributed by atoms with Crippen LogP contribution in [-0.4, -0.2) is 21.6 Å². The van der Waals surface area contributed by atoms with Crippen LogP contribution in [0.15, 0.2) is 17.2 Å². The zero-order chi connectivity index (χ0) is 11.1. The van der Waals surface area contributed by atoms with Gasteiger partial charge in [0.2, 0.25) is 0 Å². The van der Waals surface area contributed by atoms with Crippen molar-refractivity contribution in [3.8, 4) is 5.75 Å². The zero-order valence-electron chi connectivity index (χ0n) is 8.40. The van der Waals surface area contributed by atoms with Crippen molar-refractivity contribution in [1.82, 2.24) is 4.98 Å². The van der Waals surface area contributed by atoms with E-state index in [2.05, 4.69) is 4.98 Å². The molecule has 1 atom stereocenters. The molecule has 1 aromatic rings. The molecule has 0 bridgehead atoms. The van der Waals surface area contributed by atoms with E-state index in [1.807, 2.05) is 0 Å². The number of nitrogens with two attached hydrogens (primary N) is 1. The van der Waals surface area contributed by atoms with Gasteiger partial charge in [0.05, 0.1) is 21.7 Å². The van der Waals surface area contributed by atoms with Crippen LogP contribution in [0.3, 0.4) is 0 Å². The van der Waals surface area contributed by atoms with Crippen LogP contribution in [0.5, 0.6) is 5.75 Å². The van der Waals surface area contributed by atoms with E-state index in [1.165, 1.54) is 13.3 Å². The smallest absolute Gasteiger partial charge is 0.166 e. The molecule has 0 saturated heterocycles. The van der Waals surface area contributed by atoms with Gasteiger partial charge >= 0.3 is 0 Å². The normalized spacial score (nSPS) is 19.5. The van der Waals surface area contributed by atoms with Crippen LogP contribution in [-0.2, 0) is 9.73 Å². The summed E-state index contributed by atoms with van der Waals surface area (Å²) in [5.74, 6) is 0.639. The fourth-order valence-corrected chi connectivity index (χ4v) is 3.04. The van der Waals surface area contributed by atoms with Gasteiger partial charge in [-0.1, -0.05) is 0 Å². The van der Waals surface area contributed by atoms with Crippen LogP contribution in [0.2, 0.25) is 0 Å². The van der Waals surface area contributed by atoms with Crippen molar-refractivity contribution < 1.29 is 8.95 Å². The second-order valence-electron chi connectivity index (χ2n) is 3.56. The Hall–Kier alpha value is -1.30. The van der Waals surface area contributed by atoms with Gasteiger partial charge in [-0.05, 0) is 12.8 Å². The van der Waals surface area contributed by atoms with Crippen LogP contribution in [0, 0.1) is 4.78 Å². The van der Waals surface area contributed by atoms with Gasteiger partial charge in [0.25, 0.3) is 0 Å². The summed E-state index contributed by atoms with van der Waals surface area (Å²) in [7, 11) is -1.24. The van der Waals surface area contributed by atoms with E-state index in [1.54, 1.807) is 6.07 Å². The molecule has 1 aliphatic carbocycles. The van der Waals surface area contributed by atoms with Crippen molar-refractivity contribution in [3.63, 3.8) is 0 Å². The Morgan fingerprint density at radius 1 is 1.67 bits per heavy atom. The molecule has 5 nitrogen and oxygen atoms in total. The van der Waals surface area contributed by atoms with Crippen molar-refractivity contribution >= 4 is 15.5 Å². The first-order valence-corrected chi connectivity index (χ1v) is 6.25. The topological polar surface area (TPSA) is 89.1 Å². The fraction of sp³-hybridized carbons (Fsp3) is 0.444. The van der Waals surface area contributed by atoms with Crippen molar-refractivity contribution in [2.75, 3.05) is 12.8 Å². The Kier molecular flexibility index (Phi) is 2.30. The van der Waals surface area contributed by atoms with Gasteiger partial charge in [0, 0.05) is 17.5 Å². The average molecular weight is 227 g/mol. The maximum absolute atomic E-state index is 12.1. The first-order chi connectivity index (χ1) is 7.05. The maximum atomic E-state index is 12.1. The van der Waals surface area contributed by atoms with Crippen LogP contribution < -0.4 is 10.5 Å². The highest BCUT2D eigenvalue weighted by Gasteiger charge is 2.34. The van der Waals surface area contributed by atoms with Gasteiger partial charge in [0.1, 0.15) is 0 Å². The van der Waals surface area contributed by atoms with Crippen molar-refractivity contribution in [1.29, 1.82) is 4.78 Å². The highest BCUT2D eigenvalue weighted by Crippen LogP contribution is 2.35. The van der Waals surface area contributed by atoms with E-state index in [-0.39, 0.29) is 11.1 Å².